The lowest BCUT2D eigenvalue weighted by Crippen LogP contribution is -2.36. The van der Waals surface area contributed by atoms with E-state index in [2.05, 4.69) is 15.2 Å². The molecule has 29 heavy (non-hydrogen) atoms. The number of anilines is 2. The summed E-state index contributed by atoms with van der Waals surface area (Å²) in [6.45, 7) is 3.03. The summed E-state index contributed by atoms with van der Waals surface area (Å²) in [5, 5.41) is 2.80. The van der Waals surface area contributed by atoms with E-state index in [1.165, 1.54) is 6.08 Å². The van der Waals surface area contributed by atoms with Crippen molar-refractivity contribution < 1.29 is 23.7 Å². The van der Waals surface area contributed by atoms with Gasteiger partial charge in [-0.3, -0.25) is 4.79 Å². The number of aromatic nitrogens is 1. The number of pyridine rings is 1. The molecule has 8 heteroatoms. The molecule has 154 valence electrons. The zero-order chi connectivity index (χ0) is 20.6. The van der Waals surface area contributed by atoms with E-state index in [9.17, 15) is 4.79 Å². The molecule has 0 spiro atoms. The molecule has 2 heterocycles. The third kappa shape index (κ3) is 5.17. The van der Waals surface area contributed by atoms with E-state index in [0.29, 0.717) is 36.1 Å². The summed E-state index contributed by atoms with van der Waals surface area (Å²) in [7, 11) is 4.64. The summed E-state index contributed by atoms with van der Waals surface area (Å²) in [4.78, 5) is 18.8. The van der Waals surface area contributed by atoms with Gasteiger partial charge in [0.05, 0.1) is 46.4 Å². The molecule has 0 aliphatic carbocycles. The number of amides is 1. The molecule has 1 fully saturated rings. The first-order valence-electron chi connectivity index (χ1n) is 9.22. The molecule has 1 aromatic carbocycles. The Balaban J connectivity index is 1.65. The molecule has 0 unspecified atom stereocenters. The fraction of sp³-hybridized carbons (Fsp3) is 0.333. The van der Waals surface area contributed by atoms with Gasteiger partial charge in [-0.25, -0.2) is 4.98 Å². The fourth-order valence-corrected chi connectivity index (χ4v) is 2.99. The highest BCUT2D eigenvalue weighted by Gasteiger charge is 2.13. The minimum atomic E-state index is -0.264. The molecule has 1 aliphatic rings. The smallest absolute Gasteiger partial charge is 0.248 e. The molecule has 1 saturated heterocycles. The quantitative estimate of drug-likeness (QED) is 0.717. The van der Waals surface area contributed by atoms with Gasteiger partial charge in [0.25, 0.3) is 0 Å². The third-order valence-electron chi connectivity index (χ3n) is 4.46. The Morgan fingerprint density at radius 2 is 1.79 bits per heavy atom. The molecule has 1 amide bonds. The number of rotatable bonds is 7. The molecule has 3 rings (SSSR count). The Hall–Kier alpha value is -3.26. The molecule has 1 aliphatic heterocycles. The number of carbonyl (C=O) groups is 1. The molecule has 0 bridgehead atoms. The van der Waals surface area contributed by atoms with E-state index in [1.807, 2.05) is 12.1 Å². The number of ether oxygens (including phenoxy) is 4. The Bertz CT molecular complexity index is 836. The van der Waals surface area contributed by atoms with Gasteiger partial charge < -0.3 is 29.2 Å². The van der Waals surface area contributed by atoms with Gasteiger partial charge in [0, 0.05) is 19.2 Å². The number of carbonyl (C=O) groups excluding carboxylic acids is 1. The van der Waals surface area contributed by atoms with Gasteiger partial charge in [-0.1, -0.05) is 0 Å². The average Bonchev–Trinajstić information content (AvgIpc) is 2.78. The van der Waals surface area contributed by atoms with Gasteiger partial charge in [-0.15, -0.1) is 0 Å². The van der Waals surface area contributed by atoms with Crippen molar-refractivity contribution in [2.75, 3.05) is 57.8 Å². The van der Waals surface area contributed by atoms with Crippen LogP contribution in [0.2, 0.25) is 0 Å². The maximum absolute atomic E-state index is 12.3. The predicted molar refractivity (Wildman–Crippen MR) is 111 cm³/mol. The lowest BCUT2D eigenvalue weighted by molar-refractivity contribution is -0.111. The van der Waals surface area contributed by atoms with E-state index in [0.717, 1.165) is 24.5 Å². The average molecular weight is 399 g/mol. The summed E-state index contributed by atoms with van der Waals surface area (Å²) in [5.74, 6) is 2.16. The van der Waals surface area contributed by atoms with Crippen LogP contribution in [-0.4, -0.2) is 58.5 Å². The summed E-state index contributed by atoms with van der Waals surface area (Å²) in [6.07, 6.45) is 4.77. The van der Waals surface area contributed by atoms with Crippen LogP contribution in [0.1, 0.15) is 5.56 Å². The molecule has 0 atom stereocenters. The van der Waals surface area contributed by atoms with Gasteiger partial charge in [0.15, 0.2) is 11.5 Å². The maximum atomic E-state index is 12.3. The largest absolute Gasteiger partial charge is 0.493 e. The van der Waals surface area contributed by atoms with Crippen LogP contribution in [0.3, 0.4) is 0 Å². The molecule has 8 nitrogen and oxygen atoms in total. The SMILES string of the molecule is COc1cc(/C=C/C(=O)Nc2ccc(N3CCOCC3)nc2)cc(OC)c1OC. The molecule has 1 aromatic heterocycles. The highest BCUT2D eigenvalue weighted by atomic mass is 16.5. The normalized spacial score (nSPS) is 14.0. The van der Waals surface area contributed by atoms with Crippen molar-refractivity contribution in [3.63, 3.8) is 0 Å². The zero-order valence-corrected chi connectivity index (χ0v) is 16.8. The molecule has 2 aromatic rings. The van der Waals surface area contributed by atoms with E-state index in [1.54, 1.807) is 45.7 Å². The molecule has 0 radical (unpaired) electrons. The molecular formula is C21H25N3O5. The van der Waals surface area contributed by atoms with Crippen molar-refractivity contribution in [2.45, 2.75) is 0 Å². The van der Waals surface area contributed by atoms with Crippen molar-refractivity contribution in [3.8, 4) is 17.2 Å². The number of morpholine rings is 1. The van der Waals surface area contributed by atoms with Gasteiger partial charge in [0.2, 0.25) is 11.7 Å². The molecular weight excluding hydrogens is 374 g/mol. The van der Waals surface area contributed by atoms with Crippen LogP contribution in [0, 0.1) is 0 Å². The molecule has 0 saturated carbocycles. The van der Waals surface area contributed by atoms with Crippen LogP contribution >= 0.6 is 0 Å². The minimum absolute atomic E-state index is 0.264. The lowest BCUT2D eigenvalue weighted by Gasteiger charge is -2.27. The van der Waals surface area contributed by atoms with Gasteiger partial charge in [-0.05, 0) is 35.9 Å². The van der Waals surface area contributed by atoms with Gasteiger partial charge in [0.1, 0.15) is 5.82 Å². The zero-order valence-electron chi connectivity index (χ0n) is 16.8. The number of methoxy groups -OCH3 is 3. The monoisotopic (exact) mass is 399 g/mol. The Morgan fingerprint density at radius 1 is 1.10 bits per heavy atom. The van der Waals surface area contributed by atoms with Crippen molar-refractivity contribution >= 4 is 23.5 Å². The van der Waals surface area contributed by atoms with Crippen LogP contribution in [0.25, 0.3) is 6.08 Å². The van der Waals surface area contributed by atoms with E-state index < -0.39 is 0 Å². The highest BCUT2D eigenvalue weighted by Crippen LogP contribution is 2.38. The predicted octanol–water partition coefficient (Wildman–Crippen LogP) is 2.60. The first kappa shape index (κ1) is 20.5. The van der Waals surface area contributed by atoms with E-state index >= 15 is 0 Å². The van der Waals surface area contributed by atoms with Gasteiger partial charge in [-0.2, -0.15) is 0 Å². The van der Waals surface area contributed by atoms with Crippen LogP contribution in [-0.2, 0) is 9.53 Å². The van der Waals surface area contributed by atoms with Crippen LogP contribution in [0.4, 0.5) is 11.5 Å². The number of nitrogens with one attached hydrogen (secondary N) is 1. The number of nitrogens with zero attached hydrogens (tertiary/aromatic N) is 2. The number of hydrogen-bond donors (Lipinski definition) is 1. The van der Waals surface area contributed by atoms with Gasteiger partial charge >= 0.3 is 0 Å². The fourth-order valence-electron chi connectivity index (χ4n) is 2.99. The molecule has 1 N–H and O–H groups in total. The lowest BCUT2D eigenvalue weighted by atomic mass is 10.1. The van der Waals surface area contributed by atoms with Crippen molar-refractivity contribution in [3.05, 3.63) is 42.1 Å². The van der Waals surface area contributed by atoms with Crippen LogP contribution < -0.4 is 24.4 Å². The Kier molecular flexibility index (Phi) is 6.91. The Labute approximate surface area is 170 Å². The van der Waals surface area contributed by atoms with Crippen molar-refractivity contribution in [2.24, 2.45) is 0 Å². The second-order valence-corrected chi connectivity index (χ2v) is 6.29. The summed E-state index contributed by atoms with van der Waals surface area (Å²) >= 11 is 0. The minimum Gasteiger partial charge on any atom is -0.493 e. The van der Waals surface area contributed by atoms with E-state index in [4.69, 9.17) is 18.9 Å². The maximum Gasteiger partial charge on any atom is 0.248 e. The van der Waals surface area contributed by atoms with Crippen molar-refractivity contribution in [1.82, 2.24) is 4.98 Å². The number of hydrogen-bond acceptors (Lipinski definition) is 7. The standard InChI is InChI=1S/C21H25N3O5/c1-26-17-12-15(13-18(27-2)21(17)28-3)4-7-20(25)23-16-5-6-19(22-14-16)24-8-10-29-11-9-24/h4-7,12-14H,8-11H2,1-3H3,(H,23,25)/b7-4+. The summed E-state index contributed by atoms with van der Waals surface area (Å²) < 4.78 is 21.3. The third-order valence-corrected chi connectivity index (χ3v) is 4.46. The van der Waals surface area contributed by atoms with Crippen LogP contribution in [0.5, 0.6) is 17.2 Å². The first-order chi connectivity index (χ1) is 14.1. The van der Waals surface area contributed by atoms with E-state index in [-0.39, 0.29) is 5.91 Å². The summed E-state index contributed by atoms with van der Waals surface area (Å²) in [5.41, 5.74) is 1.37. The summed E-state index contributed by atoms with van der Waals surface area (Å²) in [6, 6.07) is 7.26. The first-order valence-corrected chi connectivity index (χ1v) is 9.22. The number of benzene rings is 1. The van der Waals surface area contributed by atoms with Crippen LogP contribution in [0.15, 0.2) is 36.5 Å². The highest BCUT2D eigenvalue weighted by molar-refractivity contribution is 6.01. The second kappa shape index (κ2) is 9.79. The van der Waals surface area contributed by atoms with Crippen molar-refractivity contribution in [1.29, 1.82) is 0 Å². The second-order valence-electron chi connectivity index (χ2n) is 6.29. The Morgan fingerprint density at radius 3 is 2.34 bits per heavy atom. The topological polar surface area (TPSA) is 82.2 Å².